The van der Waals surface area contributed by atoms with E-state index in [1.807, 2.05) is 0 Å². The zero-order valence-corrected chi connectivity index (χ0v) is 9.81. The Bertz CT molecular complexity index is 263. The van der Waals surface area contributed by atoms with Crippen molar-refractivity contribution in [3.05, 3.63) is 0 Å². The number of amides is 2. The molecule has 0 aromatic heterocycles. The molecule has 5 nitrogen and oxygen atoms in total. The quantitative estimate of drug-likeness (QED) is 0.429. The number of carboxylic acid groups (broad SMARTS) is 1. The van der Waals surface area contributed by atoms with Crippen LogP contribution in [0.1, 0.15) is 12.8 Å². The van der Waals surface area contributed by atoms with Gasteiger partial charge in [0.1, 0.15) is 0 Å². The normalized spacial score (nSPS) is 9.19. The van der Waals surface area contributed by atoms with Crippen molar-refractivity contribution in [2.45, 2.75) is 12.8 Å². The van der Waals surface area contributed by atoms with Gasteiger partial charge in [0.2, 0.25) is 0 Å². The van der Waals surface area contributed by atoms with Gasteiger partial charge in [-0.25, -0.2) is 4.79 Å². The highest BCUT2D eigenvalue weighted by molar-refractivity contribution is 7.99. The van der Waals surface area contributed by atoms with Gasteiger partial charge in [-0.3, -0.25) is 4.79 Å². The number of rotatable bonds is 8. The number of nitrogens with one attached hydrogen (secondary N) is 2. The molecule has 0 heterocycles. The van der Waals surface area contributed by atoms with Crippen LogP contribution in [0.5, 0.6) is 0 Å². The van der Waals surface area contributed by atoms with Gasteiger partial charge in [0.25, 0.3) is 0 Å². The smallest absolute Gasteiger partial charge is 0.314 e. The zero-order valence-electron chi connectivity index (χ0n) is 8.99. The van der Waals surface area contributed by atoms with Gasteiger partial charge in [0.05, 0.1) is 5.75 Å². The first-order chi connectivity index (χ1) is 7.66. The fourth-order valence-electron chi connectivity index (χ4n) is 0.872. The number of thioether (sulfide) groups is 1. The van der Waals surface area contributed by atoms with Crippen LogP contribution in [0.3, 0.4) is 0 Å². The summed E-state index contributed by atoms with van der Waals surface area (Å²) in [6.07, 6.45) is 5.56. The summed E-state index contributed by atoms with van der Waals surface area (Å²) in [5, 5.41) is 13.6. The first kappa shape index (κ1) is 14.6. The molecule has 0 spiro atoms. The average molecular weight is 244 g/mol. The van der Waals surface area contributed by atoms with Crippen LogP contribution in [0.15, 0.2) is 0 Å². The Balaban J connectivity index is 3.25. The van der Waals surface area contributed by atoms with Crippen LogP contribution in [0.25, 0.3) is 0 Å². The minimum atomic E-state index is -0.854. The fraction of sp³-hybridized carbons (Fsp3) is 0.600. The standard InChI is InChI=1S/C10H16N2O3S/c1-2-7-16-8-6-12-10(15)11-5-3-4-9(13)14/h1H,3-8H2,(H,13,14)(H2,11,12,15). The lowest BCUT2D eigenvalue weighted by molar-refractivity contribution is -0.137. The fourth-order valence-corrected chi connectivity index (χ4v) is 1.38. The summed E-state index contributed by atoms with van der Waals surface area (Å²) in [4.78, 5) is 21.3. The van der Waals surface area contributed by atoms with Crippen LogP contribution < -0.4 is 10.6 Å². The molecule has 0 rings (SSSR count). The Morgan fingerprint density at radius 3 is 2.62 bits per heavy atom. The molecule has 0 aliphatic carbocycles. The van der Waals surface area contributed by atoms with Crippen LogP contribution in [0, 0.1) is 12.3 Å². The van der Waals surface area contributed by atoms with E-state index in [-0.39, 0.29) is 12.5 Å². The van der Waals surface area contributed by atoms with Gasteiger partial charge >= 0.3 is 12.0 Å². The molecular weight excluding hydrogens is 228 g/mol. The van der Waals surface area contributed by atoms with Crippen molar-refractivity contribution in [1.82, 2.24) is 10.6 Å². The first-order valence-corrected chi connectivity index (χ1v) is 6.07. The second kappa shape index (κ2) is 10.2. The Kier molecular flexibility index (Phi) is 9.32. The molecule has 0 radical (unpaired) electrons. The Morgan fingerprint density at radius 2 is 2.00 bits per heavy atom. The number of terminal acetylenes is 1. The SMILES string of the molecule is C#CCSCCNC(=O)NCCCC(=O)O. The van der Waals surface area contributed by atoms with E-state index in [4.69, 9.17) is 11.5 Å². The monoisotopic (exact) mass is 244 g/mol. The zero-order chi connectivity index (χ0) is 12.2. The summed E-state index contributed by atoms with van der Waals surface area (Å²) in [6.45, 7) is 0.923. The molecule has 3 N–H and O–H groups in total. The van der Waals surface area contributed by atoms with Gasteiger partial charge in [0.15, 0.2) is 0 Å². The van der Waals surface area contributed by atoms with Crippen molar-refractivity contribution in [2.75, 3.05) is 24.6 Å². The number of aliphatic carboxylic acids is 1. The van der Waals surface area contributed by atoms with E-state index in [9.17, 15) is 9.59 Å². The highest BCUT2D eigenvalue weighted by Crippen LogP contribution is 1.94. The molecule has 0 bridgehead atoms. The summed E-state index contributed by atoms with van der Waals surface area (Å²) >= 11 is 1.57. The van der Waals surface area contributed by atoms with Crippen molar-refractivity contribution in [3.8, 4) is 12.3 Å². The minimum Gasteiger partial charge on any atom is -0.481 e. The average Bonchev–Trinajstić information content (AvgIpc) is 2.24. The summed E-state index contributed by atoms with van der Waals surface area (Å²) in [5.41, 5.74) is 0. The molecule has 6 heteroatoms. The topological polar surface area (TPSA) is 78.4 Å². The van der Waals surface area contributed by atoms with Gasteiger partial charge in [-0.15, -0.1) is 18.2 Å². The van der Waals surface area contributed by atoms with Crippen molar-refractivity contribution in [2.24, 2.45) is 0 Å². The van der Waals surface area contributed by atoms with Crippen LogP contribution >= 0.6 is 11.8 Å². The molecule has 2 amide bonds. The maximum Gasteiger partial charge on any atom is 0.314 e. The molecule has 0 atom stereocenters. The molecule has 16 heavy (non-hydrogen) atoms. The van der Waals surface area contributed by atoms with Gasteiger partial charge in [-0.05, 0) is 6.42 Å². The molecule has 0 fully saturated rings. The third-order valence-corrected chi connectivity index (χ3v) is 2.43. The molecule has 0 aliphatic rings. The summed E-state index contributed by atoms with van der Waals surface area (Å²) in [6, 6.07) is -0.272. The lowest BCUT2D eigenvalue weighted by atomic mass is 10.3. The lowest BCUT2D eigenvalue weighted by Gasteiger charge is -2.06. The molecule has 0 aliphatic heterocycles. The number of carbonyl (C=O) groups excluding carboxylic acids is 1. The predicted molar refractivity (Wildman–Crippen MR) is 64.4 cm³/mol. The molecule has 0 aromatic rings. The second-order valence-corrected chi connectivity index (χ2v) is 4.04. The van der Waals surface area contributed by atoms with Crippen LogP contribution in [0.2, 0.25) is 0 Å². The van der Waals surface area contributed by atoms with E-state index >= 15 is 0 Å². The number of hydrogen-bond donors (Lipinski definition) is 3. The third kappa shape index (κ3) is 10.7. The van der Waals surface area contributed by atoms with Crippen molar-refractivity contribution < 1.29 is 14.7 Å². The van der Waals surface area contributed by atoms with Gasteiger partial charge in [0, 0.05) is 25.3 Å². The molecular formula is C10H16N2O3S. The molecule has 0 saturated heterocycles. The summed E-state index contributed by atoms with van der Waals surface area (Å²) < 4.78 is 0. The van der Waals surface area contributed by atoms with Crippen LogP contribution in [-0.2, 0) is 4.79 Å². The maximum absolute atomic E-state index is 11.1. The van der Waals surface area contributed by atoms with Gasteiger partial charge in [-0.2, -0.15) is 0 Å². The Labute approximate surface area is 99.4 Å². The van der Waals surface area contributed by atoms with Gasteiger partial charge < -0.3 is 15.7 Å². The number of urea groups is 1. The number of carboxylic acids is 1. The predicted octanol–water partition coefficient (Wildman–Crippen LogP) is 0.517. The summed E-state index contributed by atoms with van der Waals surface area (Å²) in [7, 11) is 0. The van der Waals surface area contributed by atoms with E-state index in [0.29, 0.717) is 25.3 Å². The molecule has 90 valence electrons. The van der Waals surface area contributed by atoms with E-state index in [1.165, 1.54) is 0 Å². The largest absolute Gasteiger partial charge is 0.481 e. The van der Waals surface area contributed by atoms with E-state index in [0.717, 1.165) is 5.75 Å². The van der Waals surface area contributed by atoms with E-state index in [1.54, 1.807) is 11.8 Å². The molecule has 0 saturated carbocycles. The Hall–Kier alpha value is -1.35. The second-order valence-electron chi connectivity index (χ2n) is 2.94. The number of carbonyl (C=O) groups is 2. The molecule has 0 aromatic carbocycles. The minimum absolute atomic E-state index is 0.0678. The van der Waals surface area contributed by atoms with E-state index in [2.05, 4.69) is 16.6 Å². The van der Waals surface area contributed by atoms with E-state index < -0.39 is 5.97 Å². The lowest BCUT2D eigenvalue weighted by Crippen LogP contribution is -2.37. The van der Waals surface area contributed by atoms with Crippen molar-refractivity contribution in [3.63, 3.8) is 0 Å². The van der Waals surface area contributed by atoms with Crippen molar-refractivity contribution >= 4 is 23.8 Å². The Morgan fingerprint density at radius 1 is 1.31 bits per heavy atom. The molecule has 0 unspecified atom stereocenters. The first-order valence-electron chi connectivity index (χ1n) is 4.91. The van der Waals surface area contributed by atoms with Crippen molar-refractivity contribution in [1.29, 1.82) is 0 Å². The van der Waals surface area contributed by atoms with Crippen LogP contribution in [0.4, 0.5) is 4.79 Å². The highest BCUT2D eigenvalue weighted by atomic mass is 32.2. The third-order valence-electron chi connectivity index (χ3n) is 1.57. The maximum atomic E-state index is 11.1. The highest BCUT2D eigenvalue weighted by Gasteiger charge is 2.00. The van der Waals surface area contributed by atoms with Crippen LogP contribution in [-0.4, -0.2) is 41.7 Å². The number of hydrogen-bond acceptors (Lipinski definition) is 3. The van der Waals surface area contributed by atoms with Gasteiger partial charge in [-0.1, -0.05) is 5.92 Å². The summed E-state index contributed by atoms with van der Waals surface area (Å²) in [5.74, 6) is 3.04.